The number of carbonyl (C=O) groups is 2. The summed E-state index contributed by atoms with van der Waals surface area (Å²) in [6.07, 6.45) is 0.310. The SMILES string of the molecule is COc1cccc(C(=O)N[C@@H]2CC(=O)N(c3ccccc3)C2)c1. The zero-order valence-electron chi connectivity index (χ0n) is 12.9. The number of nitrogens with one attached hydrogen (secondary N) is 1. The Kier molecular flexibility index (Phi) is 4.28. The molecule has 0 aromatic heterocycles. The minimum atomic E-state index is -0.198. The Morgan fingerprint density at radius 1 is 1.17 bits per heavy atom. The van der Waals surface area contributed by atoms with Gasteiger partial charge in [0.1, 0.15) is 5.75 Å². The van der Waals surface area contributed by atoms with Crippen LogP contribution in [0.25, 0.3) is 0 Å². The van der Waals surface area contributed by atoms with Gasteiger partial charge in [0.25, 0.3) is 5.91 Å². The molecule has 0 unspecified atom stereocenters. The van der Waals surface area contributed by atoms with E-state index in [-0.39, 0.29) is 17.9 Å². The van der Waals surface area contributed by atoms with Crippen molar-refractivity contribution in [2.45, 2.75) is 12.5 Å². The smallest absolute Gasteiger partial charge is 0.251 e. The topological polar surface area (TPSA) is 58.6 Å². The lowest BCUT2D eigenvalue weighted by atomic mass is 10.1. The normalized spacial score (nSPS) is 17.2. The Labute approximate surface area is 134 Å². The molecule has 1 atom stereocenters. The van der Waals surface area contributed by atoms with E-state index in [9.17, 15) is 9.59 Å². The van der Waals surface area contributed by atoms with Crippen LogP contribution >= 0.6 is 0 Å². The molecular formula is C18H18N2O3. The third kappa shape index (κ3) is 3.34. The van der Waals surface area contributed by atoms with Crippen LogP contribution < -0.4 is 15.0 Å². The summed E-state index contributed by atoms with van der Waals surface area (Å²) < 4.78 is 5.12. The number of para-hydroxylation sites is 1. The van der Waals surface area contributed by atoms with Crippen LogP contribution in [0.3, 0.4) is 0 Å². The van der Waals surface area contributed by atoms with Crippen LogP contribution in [-0.2, 0) is 4.79 Å². The largest absolute Gasteiger partial charge is 0.497 e. The summed E-state index contributed by atoms with van der Waals surface area (Å²) >= 11 is 0. The van der Waals surface area contributed by atoms with Crippen LogP contribution in [0, 0.1) is 0 Å². The molecule has 1 aliphatic heterocycles. The summed E-state index contributed by atoms with van der Waals surface area (Å²) in [5, 5.41) is 2.92. The fourth-order valence-electron chi connectivity index (χ4n) is 2.69. The van der Waals surface area contributed by atoms with Crippen molar-refractivity contribution in [2.24, 2.45) is 0 Å². The Bertz CT molecular complexity index is 715. The molecule has 5 nitrogen and oxygen atoms in total. The van der Waals surface area contributed by atoms with E-state index in [1.54, 1.807) is 36.3 Å². The predicted octanol–water partition coefficient (Wildman–Crippen LogP) is 2.23. The maximum absolute atomic E-state index is 12.3. The molecule has 1 saturated heterocycles. The van der Waals surface area contributed by atoms with E-state index in [0.717, 1.165) is 5.69 Å². The first-order valence-corrected chi connectivity index (χ1v) is 7.47. The maximum Gasteiger partial charge on any atom is 0.251 e. The molecule has 1 aliphatic rings. The molecule has 2 aromatic rings. The Morgan fingerprint density at radius 2 is 1.96 bits per heavy atom. The van der Waals surface area contributed by atoms with Crippen molar-refractivity contribution in [2.75, 3.05) is 18.6 Å². The average molecular weight is 310 g/mol. The van der Waals surface area contributed by atoms with E-state index in [4.69, 9.17) is 4.74 Å². The lowest BCUT2D eigenvalue weighted by Crippen LogP contribution is -2.37. The fourth-order valence-corrected chi connectivity index (χ4v) is 2.69. The van der Waals surface area contributed by atoms with Gasteiger partial charge in [0.05, 0.1) is 13.2 Å². The quantitative estimate of drug-likeness (QED) is 0.942. The highest BCUT2D eigenvalue weighted by Gasteiger charge is 2.31. The van der Waals surface area contributed by atoms with Crippen LogP contribution in [0.5, 0.6) is 5.75 Å². The summed E-state index contributed by atoms with van der Waals surface area (Å²) in [6, 6.07) is 16.2. The number of carbonyl (C=O) groups excluding carboxylic acids is 2. The number of benzene rings is 2. The predicted molar refractivity (Wildman–Crippen MR) is 87.7 cm³/mol. The van der Waals surface area contributed by atoms with Crippen molar-refractivity contribution in [3.63, 3.8) is 0 Å². The Balaban J connectivity index is 1.67. The first-order valence-electron chi connectivity index (χ1n) is 7.47. The molecule has 0 aliphatic carbocycles. The van der Waals surface area contributed by atoms with Crippen LogP contribution in [-0.4, -0.2) is 31.5 Å². The lowest BCUT2D eigenvalue weighted by molar-refractivity contribution is -0.117. The van der Waals surface area contributed by atoms with E-state index >= 15 is 0 Å². The molecule has 5 heteroatoms. The van der Waals surface area contributed by atoms with Gasteiger partial charge in [0.15, 0.2) is 0 Å². The van der Waals surface area contributed by atoms with Crippen molar-refractivity contribution in [3.05, 3.63) is 60.2 Å². The zero-order chi connectivity index (χ0) is 16.2. The van der Waals surface area contributed by atoms with Gasteiger partial charge in [-0.25, -0.2) is 0 Å². The zero-order valence-corrected chi connectivity index (χ0v) is 12.9. The summed E-state index contributed by atoms with van der Waals surface area (Å²) in [5.41, 5.74) is 1.38. The van der Waals surface area contributed by atoms with Gasteiger partial charge in [-0.2, -0.15) is 0 Å². The molecular weight excluding hydrogens is 292 g/mol. The molecule has 1 N–H and O–H groups in total. The third-order valence-electron chi connectivity index (χ3n) is 3.86. The second-order valence-electron chi connectivity index (χ2n) is 5.45. The second kappa shape index (κ2) is 6.52. The van der Waals surface area contributed by atoms with Gasteiger partial charge in [-0.3, -0.25) is 9.59 Å². The number of amides is 2. The summed E-state index contributed by atoms with van der Waals surface area (Å²) in [6.45, 7) is 0.485. The number of ether oxygens (including phenoxy) is 1. The molecule has 0 spiro atoms. The number of nitrogens with zero attached hydrogens (tertiary/aromatic N) is 1. The number of hydrogen-bond acceptors (Lipinski definition) is 3. The molecule has 3 rings (SSSR count). The van der Waals surface area contributed by atoms with Crippen molar-refractivity contribution in [3.8, 4) is 5.75 Å². The average Bonchev–Trinajstić information content (AvgIpc) is 2.96. The summed E-state index contributed by atoms with van der Waals surface area (Å²) in [4.78, 5) is 26.2. The number of rotatable bonds is 4. The highest BCUT2D eigenvalue weighted by atomic mass is 16.5. The van der Waals surface area contributed by atoms with E-state index in [0.29, 0.717) is 24.3 Å². The minimum absolute atomic E-state index is 0.0205. The van der Waals surface area contributed by atoms with Crippen molar-refractivity contribution in [1.29, 1.82) is 0 Å². The van der Waals surface area contributed by atoms with Crippen LogP contribution in [0.1, 0.15) is 16.8 Å². The molecule has 1 fully saturated rings. The van der Waals surface area contributed by atoms with E-state index in [2.05, 4.69) is 5.32 Å². The van der Waals surface area contributed by atoms with Crippen LogP contribution in [0.2, 0.25) is 0 Å². The highest BCUT2D eigenvalue weighted by Crippen LogP contribution is 2.21. The molecule has 0 radical (unpaired) electrons. The number of methoxy groups -OCH3 is 1. The van der Waals surface area contributed by atoms with Crippen LogP contribution in [0.4, 0.5) is 5.69 Å². The molecule has 0 saturated carbocycles. The maximum atomic E-state index is 12.3. The Morgan fingerprint density at radius 3 is 2.70 bits per heavy atom. The Hall–Kier alpha value is -2.82. The van der Waals surface area contributed by atoms with Crippen molar-refractivity contribution in [1.82, 2.24) is 5.32 Å². The second-order valence-corrected chi connectivity index (χ2v) is 5.45. The number of hydrogen-bond donors (Lipinski definition) is 1. The molecule has 0 bridgehead atoms. The van der Waals surface area contributed by atoms with Gasteiger partial charge >= 0.3 is 0 Å². The van der Waals surface area contributed by atoms with Gasteiger partial charge in [0.2, 0.25) is 5.91 Å². The molecule has 2 aromatic carbocycles. The minimum Gasteiger partial charge on any atom is -0.497 e. The van der Waals surface area contributed by atoms with Crippen molar-refractivity contribution >= 4 is 17.5 Å². The monoisotopic (exact) mass is 310 g/mol. The van der Waals surface area contributed by atoms with E-state index in [1.165, 1.54) is 0 Å². The standard InChI is InChI=1S/C18H18N2O3/c1-23-16-9-5-6-13(10-16)18(22)19-14-11-17(21)20(12-14)15-7-3-2-4-8-15/h2-10,14H,11-12H2,1H3,(H,19,22)/t14-/m1/s1. The fraction of sp³-hybridized carbons (Fsp3) is 0.222. The van der Waals surface area contributed by atoms with E-state index in [1.807, 2.05) is 30.3 Å². The highest BCUT2D eigenvalue weighted by molar-refractivity contribution is 5.99. The molecule has 118 valence electrons. The van der Waals surface area contributed by atoms with Gasteiger partial charge in [-0.05, 0) is 30.3 Å². The summed E-state index contributed by atoms with van der Waals surface area (Å²) in [5.74, 6) is 0.454. The van der Waals surface area contributed by atoms with Gasteiger partial charge in [-0.1, -0.05) is 24.3 Å². The van der Waals surface area contributed by atoms with Gasteiger partial charge in [-0.15, -0.1) is 0 Å². The van der Waals surface area contributed by atoms with Gasteiger partial charge < -0.3 is 15.0 Å². The first kappa shape index (κ1) is 15.1. The molecule has 2 amide bonds. The van der Waals surface area contributed by atoms with Crippen LogP contribution in [0.15, 0.2) is 54.6 Å². The molecule has 1 heterocycles. The van der Waals surface area contributed by atoms with Crippen molar-refractivity contribution < 1.29 is 14.3 Å². The van der Waals surface area contributed by atoms with Gasteiger partial charge in [0, 0.05) is 24.2 Å². The van der Waals surface area contributed by atoms with E-state index < -0.39 is 0 Å². The number of anilines is 1. The summed E-state index contributed by atoms with van der Waals surface area (Å²) in [7, 11) is 1.56. The third-order valence-corrected chi connectivity index (χ3v) is 3.86. The first-order chi connectivity index (χ1) is 11.2. The lowest BCUT2D eigenvalue weighted by Gasteiger charge is -2.17. The molecule has 23 heavy (non-hydrogen) atoms.